The van der Waals surface area contributed by atoms with Crippen molar-refractivity contribution in [3.05, 3.63) is 45.2 Å². The molecule has 0 saturated carbocycles. The number of benzene rings is 1. The third-order valence-corrected chi connectivity index (χ3v) is 4.81. The fourth-order valence-corrected chi connectivity index (χ4v) is 4.23. The molecule has 0 amide bonds. The largest absolute Gasteiger partial charge is 0.399 e. The number of hydrogen-bond donors (Lipinski definition) is 2. The van der Waals surface area contributed by atoms with Gasteiger partial charge in [-0.3, -0.25) is 4.72 Å². The van der Waals surface area contributed by atoms with E-state index in [1.165, 1.54) is 24.4 Å². The maximum Gasteiger partial charge on any atom is 0.282 e. The normalized spacial score (nSPS) is 11.3. The van der Waals surface area contributed by atoms with Crippen molar-refractivity contribution in [2.24, 2.45) is 0 Å². The maximum absolute atomic E-state index is 13.5. The van der Waals surface area contributed by atoms with E-state index in [0.29, 0.717) is 14.6 Å². The summed E-state index contributed by atoms with van der Waals surface area (Å²) in [6.45, 7) is 0. The number of aromatic nitrogens is 1. The number of halogens is 3. The number of sulfonamides is 1. The number of nitrogens with two attached hydrogens (primary N) is 1. The molecule has 1 aromatic heterocycles. The molecule has 1 heterocycles. The minimum atomic E-state index is -4.14. The van der Waals surface area contributed by atoms with Crippen molar-refractivity contribution in [3.8, 4) is 0 Å². The second-order valence-corrected chi connectivity index (χ2v) is 7.06. The second-order valence-electron chi connectivity index (χ2n) is 3.76. The van der Waals surface area contributed by atoms with Gasteiger partial charge in [0.25, 0.3) is 10.0 Å². The molecule has 5 nitrogen and oxygen atoms in total. The molecule has 0 atom stereocenters. The molecule has 0 spiro atoms. The molecule has 0 aliphatic rings. The summed E-state index contributed by atoms with van der Waals surface area (Å²) in [5.41, 5.74) is 6.27. The Balaban J connectivity index is 2.47. The summed E-state index contributed by atoms with van der Waals surface area (Å²) in [5, 5.41) is -0.671. The van der Waals surface area contributed by atoms with Gasteiger partial charge in [0.1, 0.15) is 0 Å². The van der Waals surface area contributed by atoms with Gasteiger partial charge in [-0.05, 0) is 56.1 Å². The quantitative estimate of drug-likeness (QED) is 0.741. The first-order valence-corrected chi connectivity index (χ1v) is 8.26. The molecule has 0 bridgehead atoms. The SMILES string of the molecule is Nc1cc(Br)c(NS(=O)(=O)c2ncccc2F)c(Br)c1. The van der Waals surface area contributed by atoms with Crippen molar-refractivity contribution >= 4 is 53.3 Å². The van der Waals surface area contributed by atoms with E-state index in [1.54, 1.807) is 0 Å². The van der Waals surface area contributed by atoms with Crippen LogP contribution in [0.3, 0.4) is 0 Å². The Hall–Kier alpha value is -1.19. The van der Waals surface area contributed by atoms with Crippen molar-refractivity contribution in [3.63, 3.8) is 0 Å². The molecule has 0 unspecified atom stereocenters. The van der Waals surface area contributed by atoms with Crippen LogP contribution in [0.25, 0.3) is 0 Å². The van der Waals surface area contributed by atoms with E-state index in [4.69, 9.17) is 5.73 Å². The molecule has 0 aliphatic heterocycles. The molecule has 20 heavy (non-hydrogen) atoms. The molecular weight excluding hydrogens is 417 g/mol. The van der Waals surface area contributed by atoms with Crippen LogP contribution in [0.1, 0.15) is 0 Å². The van der Waals surface area contributed by atoms with Gasteiger partial charge < -0.3 is 5.73 Å². The van der Waals surface area contributed by atoms with E-state index in [0.717, 1.165) is 6.07 Å². The number of nitrogens with one attached hydrogen (secondary N) is 1. The van der Waals surface area contributed by atoms with Gasteiger partial charge >= 0.3 is 0 Å². The second kappa shape index (κ2) is 5.66. The third kappa shape index (κ3) is 3.10. The lowest BCUT2D eigenvalue weighted by Gasteiger charge is -2.12. The number of nitrogen functional groups attached to an aromatic ring is 1. The van der Waals surface area contributed by atoms with Crippen LogP contribution in [-0.2, 0) is 10.0 Å². The summed E-state index contributed by atoms with van der Waals surface area (Å²) in [6.07, 6.45) is 1.20. The Labute approximate surface area is 131 Å². The van der Waals surface area contributed by atoms with Crippen LogP contribution in [0, 0.1) is 5.82 Å². The molecule has 9 heteroatoms. The Morgan fingerprint density at radius 2 is 1.85 bits per heavy atom. The van der Waals surface area contributed by atoms with Gasteiger partial charge in [0, 0.05) is 20.8 Å². The lowest BCUT2D eigenvalue weighted by molar-refractivity contribution is 0.557. The van der Waals surface area contributed by atoms with Crippen LogP contribution in [-0.4, -0.2) is 13.4 Å². The van der Waals surface area contributed by atoms with E-state index >= 15 is 0 Å². The molecule has 0 radical (unpaired) electrons. The minimum absolute atomic E-state index is 0.212. The summed E-state index contributed by atoms with van der Waals surface area (Å²) < 4.78 is 40.9. The van der Waals surface area contributed by atoms with E-state index in [-0.39, 0.29) is 5.69 Å². The van der Waals surface area contributed by atoms with Crippen LogP contribution < -0.4 is 10.5 Å². The predicted octanol–water partition coefficient (Wildman–Crippen LogP) is 3.13. The maximum atomic E-state index is 13.5. The molecule has 2 rings (SSSR count). The summed E-state index contributed by atoms with van der Waals surface area (Å²) in [4.78, 5) is 3.54. The highest BCUT2D eigenvalue weighted by Crippen LogP contribution is 2.34. The van der Waals surface area contributed by atoms with Crippen LogP contribution in [0.5, 0.6) is 0 Å². The molecular formula is C11H8Br2FN3O2S. The van der Waals surface area contributed by atoms with Crippen LogP contribution in [0.4, 0.5) is 15.8 Å². The Morgan fingerprint density at radius 3 is 2.40 bits per heavy atom. The van der Waals surface area contributed by atoms with Crippen LogP contribution in [0.2, 0.25) is 0 Å². The van der Waals surface area contributed by atoms with Gasteiger partial charge in [-0.2, -0.15) is 8.42 Å². The third-order valence-electron chi connectivity index (χ3n) is 2.28. The van der Waals surface area contributed by atoms with Gasteiger partial charge in [0.2, 0.25) is 5.03 Å². The topological polar surface area (TPSA) is 85.1 Å². The Kier molecular flexibility index (Phi) is 4.31. The Bertz CT molecular complexity index is 745. The van der Waals surface area contributed by atoms with E-state index in [2.05, 4.69) is 41.6 Å². The first kappa shape index (κ1) is 15.2. The van der Waals surface area contributed by atoms with Gasteiger partial charge in [0.05, 0.1) is 5.69 Å². The molecule has 1 aromatic carbocycles. The zero-order valence-corrected chi connectivity index (χ0v) is 13.8. The Morgan fingerprint density at radius 1 is 1.25 bits per heavy atom. The summed E-state index contributed by atoms with van der Waals surface area (Å²) in [5.74, 6) is -0.928. The highest BCUT2D eigenvalue weighted by molar-refractivity contribution is 9.11. The van der Waals surface area contributed by atoms with Gasteiger partial charge in [-0.15, -0.1) is 0 Å². The van der Waals surface area contributed by atoms with Crippen molar-refractivity contribution < 1.29 is 12.8 Å². The molecule has 0 aliphatic carbocycles. The first-order chi connectivity index (χ1) is 9.31. The predicted molar refractivity (Wildman–Crippen MR) is 81.3 cm³/mol. The monoisotopic (exact) mass is 423 g/mol. The van der Waals surface area contributed by atoms with Crippen molar-refractivity contribution in [1.29, 1.82) is 0 Å². The zero-order chi connectivity index (χ0) is 14.9. The van der Waals surface area contributed by atoms with Gasteiger partial charge in [0.15, 0.2) is 5.82 Å². The van der Waals surface area contributed by atoms with Crippen molar-refractivity contribution in [1.82, 2.24) is 4.98 Å². The number of hydrogen-bond acceptors (Lipinski definition) is 4. The molecule has 3 N–H and O–H groups in total. The van der Waals surface area contributed by atoms with Gasteiger partial charge in [-0.1, -0.05) is 0 Å². The highest BCUT2D eigenvalue weighted by atomic mass is 79.9. The van der Waals surface area contributed by atoms with E-state index < -0.39 is 20.9 Å². The smallest absolute Gasteiger partial charge is 0.282 e. The average Bonchev–Trinajstić information content (AvgIpc) is 2.34. The summed E-state index contributed by atoms with van der Waals surface area (Å²) in [6, 6.07) is 5.38. The molecule has 2 aromatic rings. The number of pyridine rings is 1. The van der Waals surface area contributed by atoms with E-state index in [1.807, 2.05) is 0 Å². The first-order valence-electron chi connectivity index (χ1n) is 5.19. The average molecular weight is 425 g/mol. The van der Waals surface area contributed by atoms with E-state index in [9.17, 15) is 12.8 Å². The van der Waals surface area contributed by atoms with Gasteiger partial charge in [-0.25, -0.2) is 9.37 Å². The number of anilines is 2. The lowest BCUT2D eigenvalue weighted by Crippen LogP contribution is -2.17. The highest BCUT2D eigenvalue weighted by Gasteiger charge is 2.22. The summed E-state index contributed by atoms with van der Waals surface area (Å²) in [7, 11) is -4.14. The number of rotatable bonds is 3. The van der Waals surface area contributed by atoms with Crippen molar-refractivity contribution in [2.75, 3.05) is 10.5 Å². The fourth-order valence-electron chi connectivity index (χ4n) is 1.44. The lowest BCUT2D eigenvalue weighted by atomic mass is 10.3. The van der Waals surface area contributed by atoms with Crippen molar-refractivity contribution in [2.45, 2.75) is 5.03 Å². The minimum Gasteiger partial charge on any atom is -0.399 e. The number of nitrogens with zero attached hydrogens (tertiary/aromatic N) is 1. The molecule has 106 valence electrons. The standard InChI is InChI=1S/C11H8Br2FN3O2S/c12-7-4-6(15)5-8(13)10(7)17-20(18,19)11-9(14)2-1-3-16-11/h1-5,17H,15H2. The summed E-state index contributed by atoms with van der Waals surface area (Å²) >= 11 is 6.38. The zero-order valence-electron chi connectivity index (χ0n) is 9.77. The molecule has 0 fully saturated rings. The fraction of sp³-hybridized carbons (Fsp3) is 0. The van der Waals surface area contributed by atoms with Crippen LogP contribution >= 0.6 is 31.9 Å². The molecule has 0 saturated heterocycles. The van der Waals surface area contributed by atoms with Crippen LogP contribution in [0.15, 0.2) is 44.4 Å².